The van der Waals surface area contributed by atoms with E-state index in [1.807, 2.05) is 30.3 Å². The summed E-state index contributed by atoms with van der Waals surface area (Å²) in [7, 11) is 1.32. The Balaban J connectivity index is 1.97. The van der Waals surface area contributed by atoms with Crippen LogP contribution in [-0.4, -0.2) is 24.8 Å². The third-order valence-electron chi connectivity index (χ3n) is 2.98. The molecule has 0 bridgehead atoms. The van der Waals surface area contributed by atoms with Gasteiger partial charge in [-0.15, -0.1) is 0 Å². The van der Waals surface area contributed by atoms with Crippen molar-refractivity contribution in [1.29, 1.82) is 0 Å². The molecule has 0 saturated heterocycles. The first-order chi connectivity index (χ1) is 9.74. The van der Waals surface area contributed by atoms with Crippen molar-refractivity contribution in [3.8, 4) is 0 Å². The second-order valence-corrected chi connectivity index (χ2v) is 4.32. The minimum atomic E-state index is -0.429. The number of methoxy groups -OCH3 is 1. The fourth-order valence-corrected chi connectivity index (χ4v) is 1.90. The molecule has 20 heavy (non-hydrogen) atoms. The highest BCUT2D eigenvalue weighted by atomic mass is 16.5. The standard InChI is InChI=1S/C15H17NO4/c1-19-15(18)12-7-13(20-10-12)8-16-14(9-17)11-5-3-2-4-6-11/h2-7,10,14,16-17H,8-9H2,1H3. The van der Waals surface area contributed by atoms with Crippen LogP contribution < -0.4 is 5.32 Å². The third kappa shape index (κ3) is 3.46. The van der Waals surface area contributed by atoms with E-state index in [4.69, 9.17) is 4.42 Å². The molecule has 2 rings (SSSR count). The summed E-state index contributed by atoms with van der Waals surface area (Å²) in [6, 6.07) is 11.1. The Morgan fingerprint density at radius 2 is 2.15 bits per heavy atom. The van der Waals surface area contributed by atoms with Gasteiger partial charge in [0.2, 0.25) is 0 Å². The van der Waals surface area contributed by atoms with Crippen LogP contribution in [0.4, 0.5) is 0 Å². The van der Waals surface area contributed by atoms with Crippen LogP contribution in [0.25, 0.3) is 0 Å². The Kier molecular flexibility index (Phi) is 4.92. The zero-order valence-corrected chi connectivity index (χ0v) is 11.2. The average Bonchev–Trinajstić information content (AvgIpc) is 2.97. The summed E-state index contributed by atoms with van der Waals surface area (Å²) < 4.78 is 9.88. The van der Waals surface area contributed by atoms with Crippen molar-refractivity contribution in [2.45, 2.75) is 12.6 Å². The van der Waals surface area contributed by atoms with E-state index in [-0.39, 0.29) is 12.6 Å². The molecule has 1 unspecified atom stereocenters. The van der Waals surface area contributed by atoms with E-state index in [2.05, 4.69) is 10.1 Å². The summed E-state index contributed by atoms with van der Waals surface area (Å²) in [6.07, 6.45) is 1.36. The Hall–Kier alpha value is -2.11. The molecule has 1 aromatic heterocycles. The van der Waals surface area contributed by atoms with Crippen LogP contribution >= 0.6 is 0 Å². The van der Waals surface area contributed by atoms with Gasteiger partial charge in [-0.05, 0) is 11.6 Å². The molecule has 106 valence electrons. The van der Waals surface area contributed by atoms with Gasteiger partial charge in [0, 0.05) is 0 Å². The first kappa shape index (κ1) is 14.3. The van der Waals surface area contributed by atoms with E-state index < -0.39 is 5.97 Å². The molecule has 5 nitrogen and oxygen atoms in total. The summed E-state index contributed by atoms with van der Waals surface area (Å²) in [4.78, 5) is 11.3. The van der Waals surface area contributed by atoms with Gasteiger partial charge in [-0.2, -0.15) is 0 Å². The summed E-state index contributed by atoms with van der Waals surface area (Å²) in [5.74, 6) is 0.182. The summed E-state index contributed by atoms with van der Waals surface area (Å²) in [5.41, 5.74) is 1.37. The van der Waals surface area contributed by atoms with Crippen molar-refractivity contribution in [3.63, 3.8) is 0 Å². The van der Waals surface area contributed by atoms with Gasteiger partial charge in [0.15, 0.2) is 0 Å². The molecule has 0 aliphatic carbocycles. The van der Waals surface area contributed by atoms with Crippen molar-refractivity contribution in [1.82, 2.24) is 5.32 Å². The molecule has 0 fully saturated rings. The number of aliphatic hydroxyl groups excluding tert-OH is 1. The Morgan fingerprint density at radius 3 is 2.80 bits per heavy atom. The van der Waals surface area contributed by atoms with E-state index in [1.54, 1.807) is 6.07 Å². The normalized spacial score (nSPS) is 12.1. The van der Waals surface area contributed by atoms with Crippen molar-refractivity contribution in [2.75, 3.05) is 13.7 Å². The highest BCUT2D eigenvalue weighted by Gasteiger charge is 2.13. The molecule has 5 heteroatoms. The molecule has 2 aromatic rings. The number of carbonyl (C=O) groups excluding carboxylic acids is 1. The van der Waals surface area contributed by atoms with Crippen LogP contribution in [0.2, 0.25) is 0 Å². The largest absolute Gasteiger partial charge is 0.467 e. The maximum absolute atomic E-state index is 11.3. The number of benzene rings is 1. The van der Waals surface area contributed by atoms with Gasteiger partial charge >= 0.3 is 5.97 Å². The molecule has 0 radical (unpaired) electrons. The Bertz CT molecular complexity index is 550. The van der Waals surface area contributed by atoms with Crippen molar-refractivity contribution < 1.29 is 19.1 Å². The molecule has 1 aromatic carbocycles. The summed E-state index contributed by atoms with van der Waals surface area (Å²) in [5, 5.41) is 12.6. The van der Waals surface area contributed by atoms with Crippen molar-refractivity contribution in [3.05, 3.63) is 59.5 Å². The molecule has 1 heterocycles. The fourth-order valence-electron chi connectivity index (χ4n) is 1.90. The maximum Gasteiger partial charge on any atom is 0.341 e. The lowest BCUT2D eigenvalue weighted by molar-refractivity contribution is 0.0600. The smallest absolute Gasteiger partial charge is 0.341 e. The number of aliphatic hydroxyl groups is 1. The molecule has 0 spiro atoms. The van der Waals surface area contributed by atoms with Gasteiger partial charge in [-0.1, -0.05) is 30.3 Å². The highest BCUT2D eigenvalue weighted by Crippen LogP contribution is 2.14. The molecule has 0 aliphatic heterocycles. The molecule has 2 N–H and O–H groups in total. The molecule has 1 atom stereocenters. The van der Waals surface area contributed by atoms with Gasteiger partial charge in [-0.25, -0.2) is 4.79 Å². The first-order valence-electron chi connectivity index (χ1n) is 6.29. The zero-order valence-electron chi connectivity index (χ0n) is 11.2. The topological polar surface area (TPSA) is 71.7 Å². The Labute approximate surface area is 117 Å². The minimum Gasteiger partial charge on any atom is -0.467 e. The second kappa shape index (κ2) is 6.88. The fraction of sp³-hybridized carbons (Fsp3) is 0.267. The van der Waals surface area contributed by atoms with E-state index >= 15 is 0 Å². The predicted molar refractivity (Wildman–Crippen MR) is 73.2 cm³/mol. The van der Waals surface area contributed by atoms with Crippen molar-refractivity contribution in [2.24, 2.45) is 0 Å². The van der Waals surface area contributed by atoms with Crippen molar-refractivity contribution >= 4 is 5.97 Å². The average molecular weight is 275 g/mol. The Morgan fingerprint density at radius 1 is 1.40 bits per heavy atom. The molecule has 0 amide bonds. The van der Waals surface area contributed by atoms with E-state index in [9.17, 15) is 9.90 Å². The third-order valence-corrected chi connectivity index (χ3v) is 2.98. The maximum atomic E-state index is 11.3. The van der Waals surface area contributed by atoms with Crippen LogP contribution in [0, 0.1) is 0 Å². The van der Waals surface area contributed by atoms with Gasteiger partial charge in [0.25, 0.3) is 0 Å². The number of rotatable bonds is 6. The number of esters is 1. The molecule has 0 saturated carbocycles. The van der Waals surface area contributed by atoms with Gasteiger partial charge in [0.1, 0.15) is 12.0 Å². The zero-order chi connectivity index (χ0) is 14.4. The van der Waals surface area contributed by atoms with Gasteiger partial charge < -0.3 is 19.6 Å². The lowest BCUT2D eigenvalue weighted by Crippen LogP contribution is -2.23. The number of nitrogens with one attached hydrogen (secondary N) is 1. The number of furan rings is 1. The number of ether oxygens (including phenoxy) is 1. The van der Waals surface area contributed by atoms with Crippen LogP contribution in [0.1, 0.15) is 27.7 Å². The van der Waals surface area contributed by atoms with Crippen LogP contribution in [0.3, 0.4) is 0 Å². The molecular formula is C15H17NO4. The minimum absolute atomic E-state index is 0.0193. The lowest BCUT2D eigenvalue weighted by Gasteiger charge is -2.15. The van der Waals surface area contributed by atoms with Gasteiger partial charge in [-0.3, -0.25) is 0 Å². The van der Waals surface area contributed by atoms with Crippen LogP contribution in [-0.2, 0) is 11.3 Å². The first-order valence-corrected chi connectivity index (χ1v) is 6.29. The summed E-state index contributed by atoms with van der Waals surface area (Å²) in [6.45, 7) is 0.395. The van der Waals surface area contributed by atoms with Gasteiger partial charge in [0.05, 0.1) is 31.9 Å². The monoisotopic (exact) mass is 275 g/mol. The SMILES string of the molecule is COC(=O)c1coc(CNC(CO)c2ccccc2)c1. The summed E-state index contributed by atoms with van der Waals surface area (Å²) >= 11 is 0. The van der Waals surface area contributed by atoms with E-state index in [0.717, 1.165) is 5.56 Å². The number of hydrogen-bond acceptors (Lipinski definition) is 5. The van der Waals surface area contributed by atoms with E-state index in [1.165, 1.54) is 13.4 Å². The highest BCUT2D eigenvalue weighted by molar-refractivity contribution is 5.88. The van der Waals surface area contributed by atoms with E-state index in [0.29, 0.717) is 17.9 Å². The molecular weight excluding hydrogens is 258 g/mol. The second-order valence-electron chi connectivity index (χ2n) is 4.32. The predicted octanol–water partition coefficient (Wildman–Crippen LogP) is 1.89. The van der Waals surface area contributed by atoms with Crippen LogP contribution in [0.15, 0.2) is 47.1 Å². The lowest BCUT2D eigenvalue weighted by atomic mass is 10.1. The quantitative estimate of drug-likeness (QED) is 0.788. The number of hydrogen-bond donors (Lipinski definition) is 2. The number of carbonyl (C=O) groups is 1. The molecule has 0 aliphatic rings. The van der Waals surface area contributed by atoms with Crippen LogP contribution in [0.5, 0.6) is 0 Å².